The first-order valence-electron chi connectivity index (χ1n) is 8.43. The summed E-state index contributed by atoms with van der Waals surface area (Å²) in [6.07, 6.45) is 1.23. The maximum atomic E-state index is 12.4. The molecular formula is C17H18Cl2N4O5. The fraction of sp³-hybridized carbons (Fsp3) is 0.412. The molecule has 0 aliphatic carbocycles. The molecule has 0 bridgehead atoms. The van der Waals surface area contributed by atoms with Gasteiger partial charge in [0.05, 0.1) is 6.54 Å². The molecule has 2 aromatic rings. The summed E-state index contributed by atoms with van der Waals surface area (Å²) in [4.78, 5) is 27.6. The molecule has 28 heavy (non-hydrogen) atoms. The van der Waals surface area contributed by atoms with Gasteiger partial charge < -0.3 is 24.9 Å². The molecule has 0 spiro atoms. The maximum absolute atomic E-state index is 12.4. The van der Waals surface area contributed by atoms with Crippen LogP contribution in [0.1, 0.15) is 18.1 Å². The minimum Gasteiger partial charge on any atom is -0.446 e. The van der Waals surface area contributed by atoms with E-state index in [2.05, 4.69) is 4.98 Å². The van der Waals surface area contributed by atoms with E-state index in [0.29, 0.717) is 24.5 Å². The fourth-order valence-electron chi connectivity index (χ4n) is 2.98. The first kappa shape index (κ1) is 20.4. The van der Waals surface area contributed by atoms with Crippen molar-refractivity contribution >= 4 is 35.1 Å². The summed E-state index contributed by atoms with van der Waals surface area (Å²) >= 11 is 11.8. The van der Waals surface area contributed by atoms with E-state index in [0.717, 1.165) is 17.3 Å². The van der Waals surface area contributed by atoms with Crippen molar-refractivity contribution in [2.45, 2.75) is 32.0 Å². The van der Waals surface area contributed by atoms with Gasteiger partial charge in [-0.1, -0.05) is 17.7 Å². The molecule has 1 N–H and O–H groups in total. The van der Waals surface area contributed by atoms with Gasteiger partial charge in [-0.25, -0.2) is 4.79 Å². The van der Waals surface area contributed by atoms with Crippen LogP contribution in [-0.4, -0.2) is 49.3 Å². The molecule has 3 rings (SSSR count). The van der Waals surface area contributed by atoms with Gasteiger partial charge in [-0.3, -0.25) is 4.57 Å². The van der Waals surface area contributed by atoms with E-state index in [1.165, 1.54) is 11.5 Å². The minimum absolute atomic E-state index is 0.124. The van der Waals surface area contributed by atoms with E-state index in [-0.39, 0.29) is 18.4 Å². The van der Waals surface area contributed by atoms with E-state index < -0.39 is 22.4 Å². The second-order valence-electron chi connectivity index (χ2n) is 6.89. The molecule has 150 valence electrons. The molecule has 1 amide bonds. The third-order valence-corrected chi connectivity index (χ3v) is 4.90. The van der Waals surface area contributed by atoms with Crippen LogP contribution in [0.15, 0.2) is 24.4 Å². The van der Waals surface area contributed by atoms with Crippen LogP contribution in [-0.2, 0) is 24.2 Å². The van der Waals surface area contributed by atoms with Crippen LogP contribution in [0.25, 0.3) is 0 Å². The standard InChI is InChI=1S/C17H18Cl2N4O5/c1-17(25,9-22-8-14(23(26)27)20-15(22)19)10-28-16(24)21-5-4-11-6-13(18)3-2-12(11)7-21/h2-3,6,8,25H,4-5,7,9-10H2,1H3. The number of fused-ring (bicyclic) bond motifs is 1. The Balaban J connectivity index is 1.57. The average molecular weight is 429 g/mol. The van der Waals surface area contributed by atoms with Gasteiger partial charge in [0.1, 0.15) is 18.4 Å². The van der Waals surface area contributed by atoms with Gasteiger partial charge in [-0.05, 0) is 58.1 Å². The van der Waals surface area contributed by atoms with E-state index in [9.17, 15) is 20.0 Å². The molecule has 0 radical (unpaired) electrons. The van der Waals surface area contributed by atoms with Gasteiger partial charge >= 0.3 is 17.2 Å². The number of hydrogen-bond donors (Lipinski definition) is 1. The van der Waals surface area contributed by atoms with Gasteiger partial charge in [0.25, 0.3) is 0 Å². The number of hydrogen-bond acceptors (Lipinski definition) is 6. The largest absolute Gasteiger partial charge is 0.446 e. The first-order chi connectivity index (χ1) is 13.1. The number of halogens is 2. The summed E-state index contributed by atoms with van der Waals surface area (Å²) in [6, 6.07) is 5.54. The number of carbonyl (C=O) groups excluding carboxylic acids is 1. The van der Waals surface area contributed by atoms with Crippen LogP contribution in [0, 0.1) is 10.1 Å². The molecule has 11 heteroatoms. The van der Waals surface area contributed by atoms with Crippen molar-refractivity contribution in [2.75, 3.05) is 13.2 Å². The number of rotatable bonds is 5. The van der Waals surface area contributed by atoms with E-state index >= 15 is 0 Å². The normalized spacial score (nSPS) is 15.6. The lowest BCUT2D eigenvalue weighted by Gasteiger charge is -2.30. The Labute approximate surface area is 170 Å². The Morgan fingerprint density at radius 1 is 1.43 bits per heavy atom. The molecule has 1 aliphatic heterocycles. The number of aliphatic hydroxyl groups is 1. The van der Waals surface area contributed by atoms with E-state index in [1.54, 1.807) is 11.0 Å². The number of ether oxygens (including phenoxy) is 1. The first-order valence-corrected chi connectivity index (χ1v) is 9.19. The predicted molar refractivity (Wildman–Crippen MR) is 101 cm³/mol. The molecular weight excluding hydrogens is 411 g/mol. The monoisotopic (exact) mass is 428 g/mol. The Bertz CT molecular complexity index is 915. The summed E-state index contributed by atoms with van der Waals surface area (Å²) in [6.45, 7) is 1.89. The molecule has 1 aromatic carbocycles. The van der Waals surface area contributed by atoms with Crippen molar-refractivity contribution in [2.24, 2.45) is 0 Å². The molecule has 1 aromatic heterocycles. The minimum atomic E-state index is -1.49. The molecule has 1 atom stereocenters. The fourth-order valence-corrected chi connectivity index (χ4v) is 3.37. The van der Waals surface area contributed by atoms with Crippen LogP contribution >= 0.6 is 23.2 Å². The van der Waals surface area contributed by atoms with E-state index in [1.807, 2.05) is 12.1 Å². The lowest BCUT2D eigenvalue weighted by molar-refractivity contribution is -0.389. The summed E-state index contributed by atoms with van der Waals surface area (Å²) in [5, 5.41) is 21.8. The summed E-state index contributed by atoms with van der Waals surface area (Å²) in [7, 11) is 0. The highest BCUT2D eigenvalue weighted by atomic mass is 35.5. The Morgan fingerprint density at radius 3 is 2.86 bits per heavy atom. The number of aromatic nitrogens is 2. The third kappa shape index (κ3) is 4.73. The SMILES string of the molecule is CC(O)(COC(=O)N1CCc2cc(Cl)ccc2C1)Cn1cc([N+](=O)[O-])nc1Cl. The zero-order chi connectivity index (χ0) is 20.5. The number of nitrogens with zero attached hydrogens (tertiary/aromatic N) is 4. The van der Waals surface area contributed by atoms with Crippen molar-refractivity contribution in [3.8, 4) is 0 Å². The maximum Gasteiger partial charge on any atom is 0.410 e. The molecule has 2 heterocycles. The number of nitro groups is 1. The lowest BCUT2D eigenvalue weighted by Crippen LogP contribution is -2.41. The average Bonchev–Trinajstić information content (AvgIpc) is 2.99. The lowest BCUT2D eigenvalue weighted by atomic mass is 10.0. The van der Waals surface area contributed by atoms with Crippen molar-refractivity contribution in [1.82, 2.24) is 14.5 Å². The summed E-state index contributed by atoms with van der Waals surface area (Å²) < 4.78 is 6.48. The van der Waals surface area contributed by atoms with Crippen molar-refractivity contribution < 1.29 is 19.6 Å². The van der Waals surface area contributed by atoms with Crippen LogP contribution in [0.5, 0.6) is 0 Å². The van der Waals surface area contributed by atoms with Gasteiger partial charge in [0, 0.05) is 18.1 Å². The van der Waals surface area contributed by atoms with Gasteiger partial charge in [0.15, 0.2) is 0 Å². The highest BCUT2D eigenvalue weighted by Gasteiger charge is 2.29. The molecule has 0 fully saturated rings. The predicted octanol–water partition coefficient (Wildman–Crippen LogP) is 3.04. The second kappa shape index (κ2) is 7.94. The zero-order valence-corrected chi connectivity index (χ0v) is 16.5. The van der Waals surface area contributed by atoms with Crippen LogP contribution in [0.4, 0.5) is 10.6 Å². The van der Waals surface area contributed by atoms with Gasteiger partial charge in [0.2, 0.25) is 0 Å². The Hall–Kier alpha value is -2.36. The van der Waals surface area contributed by atoms with E-state index in [4.69, 9.17) is 27.9 Å². The van der Waals surface area contributed by atoms with Crippen LogP contribution in [0.3, 0.4) is 0 Å². The number of carbonyl (C=O) groups is 1. The Morgan fingerprint density at radius 2 is 2.18 bits per heavy atom. The Kier molecular flexibility index (Phi) is 5.78. The van der Waals surface area contributed by atoms with Crippen molar-refractivity contribution in [1.29, 1.82) is 0 Å². The summed E-state index contributed by atoms with van der Waals surface area (Å²) in [5.74, 6) is -0.426. The topological polar surface area (TPSA) is 111 Å². The molecule has 1 unspecified atom stereocenters. The number of amides is 1. The van der Waals surface area contributed by atoms with Crippen LogP contribution in [0.2, 0.25) is 10.3 Å². The quantitative estimate of drug-likeness (QED) is 0.578. The summed E-state index contributed by atoms with van der Waals surface area (Å²) in [5.41, 5.74) is 0.603. The second-order valence-corrected chi connectivity index (χ2v) is 7.66. The van der Waals surface area contributed by atoms with Gasteiger partial charge in [-0.2, -0.15) is 0 Å². The number of imidazole rings is 1. The third-order valence-electron chi connectivity index (χ3n) is 4.36. The molecule has 1 aliphatic rings. The molecule has 0 saturated carbocycles. The van der Waals surface area contributed by atoms with Crippen molar-refractivity contribution in [3.63, 3.8) is 0 Å². The zero-order valence-electron chi connectivity index (χ0n) is 15.0. The molecule has 9 nitrogen and oxygen atoms in total. The smallest absolute Gasteiger partial charge is 0.410 e. The highest BCUT2D eigenvalue weighted by Crippen LogP contribution is 2.24. The van der Waals surface area contributed by atoms with Gasteiger partial charge in [-0.15, -0.1) is 0 Å². The number of benzene rings is 1. The van der Waals surface area contributed by atoms with Crippen LogP contribution < -0.4 is 0 Å². The highest BCUT2D eigenvalue weighted by molar-refractivity contribution is 6.30. The molecule has 0 saturated heterocycles. The van der Waals surface area contributed by atoms with Crippen molar-refractivity contribution in [3.05, 3.63) is 55.9 Å².